The Morgan fingerprint density at radius 2 is 0.889 bits per heavy atom. The van der Waals surface area contributed by atoms with Crippen molar-refractivity contribution >= 4 is 0 Å². The van der Waals surface area contributed by atoms with Crippen LogP contribution >= 0.6 is 0 Å². The van der Waals surface area contributed by atoms with Crippen LogP contribution in [-0.2, 0) is 6.42 Å². The summed E-state index contributed by atoms with van der Waals surface area (Å²) in [6.07, 6.45) is 1.06. The summed E-state index contributed by atoms with van der Waals surface area (Å²) < 4.78 is 0. The summed E-state index contributed by atoms with van der Waals surface area (Å²) in [5, 5.41) is 0. The minimum absolute atomic E-state index is 0.498. The molecule has 1 unspecified atom stereocenters. The zero-order valence-electron chi connectivity index (χ0n) is 15.7. The van der Waals surface area contributed by atoms with Crippen molar-refractivity contribution in [2.24, 2.45) is 0 Å². The van der Waals surface area contributed by atoms with E-state index in [2.05, 4.69) is 116 Å². The van der Waals surface area contributed by atoms with E-state index < -0.39 is 0 Å². The second-order valence-corrected chi connectivity index (χ2v) is 7.16. The fourth-order valence-corrected chi connectivity index (χ4v) is 3.57. The van der Waals surface area contributed by atoms with Gasteiger partial charge in [0.25, 0.3) is 0 Å². The summed E-state index contributed by atoms with van der Waals surface area (Å²) in [4.78, 5) is 0. The molecular formula is C27H24. The Morgan fingerprint density at radius 1 is 0.481 bits per heavy atom. The molecule has 0 heterocycles. The molecule has 0 radical (unpaired) electrons. The first-order chi connectivity index (χ1) is 13.3. The van der Waals surface area contributed by atoms with E-state index >= 15 is 0 Å². The van der Waals surface area contributed by atoms with Gasteiger partial charge in [-0.3, -0.25) is 0 Å². The average Bonchev–Trinajstić information content (AvgIpc) is 2.76. The summed E-state index contributed by atoms with van der Waals surface area (Å²) in [6, 6.07) is 39.1. The minimum atomic E-state index is 0.498. The van der Waals surface area contributed by atoms with Crippen LogP contribution in [0.3, 0.4) is 0 Å². The molecule has 0 saturated carbocycles. The molecule has 0 amide bonds. The number of benzene rings is 4. The Balaban J connectivity index is 1.45. The Morgan fingerprint density at radius 3 is 1.37 bits per heavy atom. The van der Waals surface area contributed by atoms with Crippen molar-refractivity contribution in [3.05, 3.63) is 120 Å². The van der Waals surface area contributed by atoms with Crippen LogP contribution in [0, 0.1) is 0 Å². The molecule has 0 nitrogen and oxygen atoms in total. The molecule has 132 valence electrons. The first-order valence-corrected chi connectivity index (χ1v) is 9.59. The van der Waals surface area contributed by atoms with Gasteiger partial charge in [-0.15, -0.1) is 0 Å². The first kappa shape index (κ1) is 17.3. The fraction of sp³-hybridized carbons (Fsp3) is 0.111. The van der Waals surface area contributed by atoms with Gasteiger partial charge in [0, 0.05) is 0 Å². The van der Waals surface area contributed by atoms with Crippen LogP contribution in [0.25, 0.3) is 22.3 Å². The standard InChI is InChI=1S/C27H24/c1-21(23-16-18-27(19-17-23)25-10-6-3-7-11-25)20-22-12-14-26(15-13-22)24-8-4-2-5-9-24/h2-19,21H,20H2,1H3. The van der Waals surface area contributed by atoms with Crippen LogP contribution in [0.15, 0.2) is 109 Å². The van der Waals surface area contributed by atoms with E-state index in [4.69, 9.17) is 0 Å². The molecule has 1 atom stereocenters. The summed E-state index contributed by atoms with van der Waals surface area (Å²) in [5.74, 6) is 0.498. The second kappa shape index (κ2) is 8.05. The number of hydrogen-bond acceptors (Lipinski definition) is 0. The molecule has 0 N–H and O–H groups in total. The summed E-state index contributed by atoms with van der Waals surface area (Å²) in [5.41, 5.74) is 7.87. The Hall–Kier alpha value is -3.12. The quantitative estimate of drug-likeness (QED) is 0.353. The van der Waals surface area contributed by atoms with Gasteiger partial charge in [0.1, 0.15) is 0 Å². The molecule has 0 aliphatic heterocycles. The van der Waals surface area contributed by atoms with Crippen molar-refractivity contribution in [2.45, 2.75) is 19.3 Å². The predicted octanol–water partition coefficient (Wildman–Crippen LogP) is 7.37. The van der Waals surface area contributed by atoms with Crippen molar-refractivity contribution in [2.75, 3.05) is 0 Å². The molecule has 0 spiro atoms. The van der Waals surface area contributed by atoms with Gasteiger partial charge in [-0.25, -0.2) is 0 Å². The normalized spacial score (nSPS) is 11.9. The molecule has 4 aromatic rings. The van der Waals surface area contributed by atoms with Gasteiger partial charge >= 0.3 is 0 Å². The molecule has 0 aromatic heterocycles. The van der Waals surface area contributed by atoms with Crippen LogP contribution in [-0.4, -0.2) is 0 Å². The molecule has 0 aliphatic carbocycles. The maximum atomic E-state index is 2.31. The van der Waals surface area contributed by atoms with Crippen molar-refractivity contribution in [3.8, 4) is 22.3 Å². The molecular weight excluding hydrogens is 324 g/mol. The van der Waals surface area contributed by atoms with Crippen molar-refractivity contribution in [1.29, 1.82) is 0 Å². The Labute approximate surface area is 162 Å². The molecule has 0 heteroatoms. The number of hydrogen-bond donors (Lipinski definition) is 0. The molecule has 0 aliphatic rings. The van der Waals surface area contributed by atoms with E-state index in [9.17, 15) is 0 Å². The van der Waals surface area contributed by atoms with E-state index in [1.807, 2.05) is 0 Å². The Bertz CT molecular complexity index is 966. The summed E-state index contributed by atoms with van der Waals surface area (Å²) in [7, 11) is 0. The SMILES string of the molecule is CC(Cc1ccc(-c2ccccc2)cc1)c1ccc(-c2ccccc2)cc1. The van der Waals surface area contributed by atoms with Gasteiger partial charge in [0.15, 0.2) is 0 Å². The van der Waals surface area contributed by atoms with Crippen LogP contribution < -0.4 is 0 Å². The topological polar surface area (TPSA) is 0 Å². The Kier molecular flexibility index (Phi) is 5.16. The molecule has 27 heavy (non-hydrogen) atoms. The predicted molar refractivity (Wildman–Crippen MR) is 116 cm³/mol. The molecule has 0 saturated heterocycles. The second-order valence-electron chi connectivity index (χ2n) is 7.16. The van der Waals surface area contributed by atoms with Crippen LogP contribution in [0.1, 0.15) is 24.0 Å². The summed E-state index contributed by atoms with van der Waals surface area (Å²) >= 11 is 0. The lowest BCUT2D eigenvalue weighted by Gasteiger charge is -2.13. The largest absolute Gasteiger partial charge is 0.0622 e. The highest BCUT2D eigenvalue weighted by molar-refractivity contribution is 5.64. The van der Waals surface area contributed by atoms with Crippen LogP contribution in [0.2, 0.25) is 0 Å². The van der Waals surface area contributed by atoms with Gasteiger partial charge in [-0.1, -0.05) is 116 Å². The van der Waals surface area contributed by atoms with E-state index in [0.29, 0.717) is 5.92 Å². The highest BCUT2D eigenvalue weighted by atomic mass is 14.1. The highest BCUT2D eigenvalue weighted by Crippen LogP contribution is 2.26. The van der Waals surface area contributed by atoms with Crippen LogP contribution in [0.5, 0.6) is 0 Å². The number of rotatable bonds is 5. The zero-order valence-corrected chi connectivity index (χ0v) is 15.7. The maximum Gasteiger partial charge on any atom is -0.0150 e. The fourth-order valence-electron chi connectivity index (χ4n) is 3.57. The molecule has 4 rings (SSSR count). The van der Waals surface area contributed by atoms with E-state index in [0.717, 1.165) is 6.42 Å². The molecule has 0 fully saturated rings. The third kappa shape index (κ3) is 4.17. The lowest BCUT2D eigenvalue weighted by Crippen LogP contribution is -1.98. The third-order valence-corrected chi connectivity index (χ3v) is 5.19. The highest BCUT2D eigenvalue weighted by Gasteiger charge is 2.08. The monoisotopic (exact) mass is 348 g/mol. The first-order valence-electron chi connectivity index (χ1n) is 9.59. The van der Waals surface area contributed by atoms with Gasteiger partial charge in [0.05, 0.1) is 0 Å². The van der Waals surface area contributed by atoms with E-state index in [-0.39, 0.29) is 0 Å². The molecule has 4 aromatic carbocycles. The third-order valence-electron chi connectivity index (χ3n) is 5.19. The van der Waals surface area contributed by atoms with E-state index in [1.165, 1.54) is 33.4 Å². The van der Waals surface area contributed by atoms with Gasteiger partial charge in [-0.05, 0) is 45.7 Å². The maximum absolute atomic E-state index is 2.31. The summed E-state index contributed by atoms with van der Waals surface area (Å²) in [6.45, 7) is 2.31. The smallest absolute Gasteiger partial charge is 0.0150 e. The van der Waals surface area contributed by atoms with E-state index in [1.54, 1.807) is 0 Å². The van der Waals surface area contributed by atoms with Gasteiger partial charge < -0.3 is 0 Å². The van der Waals surface area contributed by atoms with Crippen molar-refractivity contribution < 1.29 is 0 Å². The lowest BCUT2D eigenvalue weighted by molar-refractivity contribution is 0.759. The molecule has 0 bridgehead atoms. The average molecular weight is 348 g/mol. The minimum Gasteiger partial charge on any atom is -0.0622 e. The van der Waals surface area contributed by atoms with Gasteiger partial charge in [0.2, 0.25) is 0 Å². The van der Waals surface area contributed by atoms with Gasteiger partial charge in [-0.2, -0.15) is 0 Å². The zero-order chi connectivity index (χ0) is 18.5. The lowest BCUT2D eigenvalue weighted by atomic mass is 9.91. The van der Waals surface area contributed by atoms with Crippen molar-refractivity contribution in [1.82, 2.24) is 0 Å². The van der Waals surface area contributed by atoms with Crippen LogP contribution in [0.4, 0.5) is 0 Å². The van der Waals surface area contributed by atoms with Crippen molar-refractivity contribution in [3.63, 3.8) is 0 Å².